The summed E-state index contributed by atoms with van der Waals surface area (Å²) in [6.07, 6.45) is 9.06. The first-order chi connectivity index (χ1) is 16.3. The summed E-state index contributed by atoms with van der Waals surface area (Å²) in [5.41, 5.74) is 6.14. The number of rotatable bonds is 13. The highest BCUT2D eigenvalue weighted by Gasteiger charge is 2.03. The van der Waals surface area contributed by atoms with Crippen LogP contribution >= 0.6 is 31.9 Å². The van der Waals surface area contributed by atoms with Gasteiger partial charge < -0.3 is 10.2 Å². The summed E-state index contributed by atoms with van der Waals surface area (Å²) in [6, 6.07) is 9.78. The summed E-state index contributed by atoms with van der Waals surface area (Å²) in [5.74, 6) is -0.0996. The molecule has 0 spiro atoms. The number of hydrogen-bond donors (Lipinski definition) is 4. The molecule has 2 amide bonds. The van der Waals surface area contributed by atoms with Gasteiger partial charge in [0.15, 0.2) is 0 Å². The number of aromatic hydroxyl groups is 2. The second-order valence-corrected chi connectivity index (χ2v) is 9.39. The third-order valence-electron chi connectivity index (χ3n) is 4.81. The third kappa shape index (κ3) is 10.9. The van der Waals surface area contributed by atoms with Crippen molar-refractivity contribution in [3.8, 4) is 11.5 Å². The normalized spacial score (nSPS) is 11.2. The quantitative estimate of drug-likeness (QED) is 0.142. The highest BCUT2D eigenvalue weighted by Crippen LogP contribution is 2.20. The molecule has 0 heterocycles. The Morgan fingerprint density at radius 2 is 1.32 bits per heavy atom. The number of carbonyl (C=O) groups is 2. The van der Waals surface area contributed by atoms with Gasteiger partial charge in [-0.05, 0) is 49.2 Å². The first-order valence-corrected chi connectivity index (χ1v) is 12.5. The Morgan fingerprint density at radius 3 is 1.94 bits per heavy atom. The molecule has 8 nitrogen and oxygen atoms in total. The van der Waals surface area contributed by atoms with Crippen LogP contribution in [0.2, 0.25) is 0 Å². The van der Waals surface area contributed by atoms with Crippen LogP contribution in [0.4, 0.5) is 0 Å². The molecule has 0 saturated carbocycles. The van der Waals surface area contributed by atoms with Crippen LogP contribution in [0, 0.1) is 0 Å². The first-order valence-electron chi connectivity index (χ1n) is 11.0. The average molecular weight is 596 g/mol. The summed E-state index contributed by atoms with van der Waals surface area (Å²) in [5, 5.41) is 27.0. The maximum Gasteiger partial charge on any atom is 0.240 e. The summed E-state index contributed by atoms with van der Waals surface area (Å²) < 4.78 is 1.58. The zero-order valence-corrected chi connectivity index (χ0v) is 21.8. The van der Waals surface area contributed by atoms with Crippen LogP contribution in [0.3, 0.4) is 0 Å². The lowest BCUT2D eigenvalue weighted by Gasteiger charge is -2.03. The van der Waals surface area contributed by atoms with E-state index in [2.05, 4.69) is 52.9 Å². The molecule has 2 aromatic carbocycles. The molecule has 0 radical (unpaired) electrons. The summed E-state index contributed by atoms with van der Waals surface area (Å²) in [7, 11) is 0. The molecule has 0 aromatic heterocycles. The average Bonchev–Trinajstić information content (AvgIpc) is 2.80. The molecule has 0 saturated heterocycles. The number of benzene rings is 2. The van der Waals surface area contributed by atoms with Crippen molar-refractivity contribution < 1.29 is 19.8 Å². The predicted octanol–water partition coefficient (Wildman–Crippen LogP) is 5.34. The van der Waals surface area contributed by atoms with Crippen LogP contribution in [0.15, 0.2) is 55.5 Å². The second-order valence-electron chi connectivity index (χ2n) is 7.62. The number of phenolic OH excluding ortho intramolecular Hbond substituents is 2. The summed E-state index contributed by atoms with van der Waals surface area (Å²) >= 11 is 6.67. The van der Waals surface area contributed by atoms with E-state index in [1.165, 1.54) is 12.4 Å². The molecule has 0 aliphatic rings. The van der Waals surface area contributed by atoms with Gasteiger partial charge in [0.05, 0.1) is 12.4 Å². The van der Waals surface area contributed by atoms with Gasteiger partial charge in [0.1, 0.15) is 11.5 Å². The molecule has 0 unspecified atom stereocenters. The second kappa shape index (κ2) is 15.2. The van der Waals surface area contributed by atoms with Gasteiger partial charge in [0.2, 0.25) is 11.8 Å². The van der Waals surface area contributed by atoms with Crippen molar-refractivity contribution in [1.82, 2.24) is 10.9 Å². The molecule has 4 N–H and O–H groups in total. The summed E-state index contributed by atoms with van der Waals surface area (Å²) in [4.78, 5) is 23.7. The van der Waals surface area contributed by atoms with Crippen LogP contribution in [-0.4, -0.2) is 34.5 Å². The molecule has 0 aliphatic heterocycles. The Balaban J connectivity index is 1.49. The van der Waals surface area contributed by atoms with Crippen LogP contribution in [0.5, 0.6) is 11.5 Å². The van der Waals surface area contributed by atoms with Gasteiger partial charge in [-0.25, -0.2) is 10.9 Å². The SMILES string of the molecule is O=C(CCCCCCCCC(=O)N/N=C\c1cc(O)ccc1Br)N/N=C\c1cc(Br)ccc1O. The molecule has 0 aliphatic carbocycles. The maximum absolute atomic E-state index is 11.8. The number of phenols is 2. The zero-order chi connectivity index (χ0) is 24.8. The van der Waals surface area contributed by atoms with E-state index in [1.54, 1.807) is 36.4 Å². The Hall–Kier alpha value is -2.72. The first kappa shape index (κ1) is 27.5. The lowest BCUT2D eigenvalue weighted by Crippen LogP contribution is -2.17. The van der Waals surface area contributed by atoms with Crippen LogP contribution < -0.4 is 10.9 Å². The standard InChI is InChI=1S/C24H28Br2N4O4/c25-19-9-12-22(32)18(13-19)16-28-30-24(34)8-6-4-2-1-3-5-7-23(33)29-27-15-17-14-20(31)10-11-21(17)26/h9-16,31-32H,1-8H2,(H,29,33)(H,30,34)/b27-15-,28-16-. The zero-order valence-electron chi connectivity index (χ0n) is 18.6. The fraction of sp³-hybridized carbons (Fsp3) is 0.333. The van der Waals surface area contributed by atoms with Gasteiger partial charge in [-0.2, -0.15) is 10.2 Å². The third-order valence-corrected chi connectivity index (χ3v) is 6.03. The van der Waals surface area contributed by atoms with Crippen molar-refractivity contribution in [2.45, 2.75) is 51.4 Å². The van der Waals surface area contributed by atoms with E-state index in [0.29, 0.717) is 24.0 Å². The Labute approximate surface area is 215 Å². The minimum atomic E-state index is -0.166. The van der Waals surface area contributed by atoms with E-state index in [4.69, 9.17) is 0 Å². The molecular weight excluding hydrogens is 568 g/mol. The molecule has 0 atom stereocenters. The monoisotopic (exact) mass is 594 g/mol. The minimum absolute atomic E-state index is 0.0907. The molecule has 182 valence electrons. The number of amides is 2. The van der Waals surface area contributed by atoms with E-state index < -0.39 is 0 Å². The minimum Gasteiger partial charge on any atom is -0.508 e. The highest BCUT2D eigenvalue weighted by molar-refractivity contribution is 9.10. The molecule has 0 bridgehead atoms. The maximum atomic E-state index is 11.8. The Kier molecular flexibility index (Phi) is 12.3. The van der Waals surface area contributed by atoms with E-state index in [0.717, 1.165) is 47.5 Å². The van der Waals surface area contributed by atoms with Gasteiger partial charge in [-0.1, -0.05) is 57.5 Å². The fourth-order valence-electron chi connectivity index (χ4n) is 3.00. The number of hydrazone groups is 2. The van der Waals surface area contributed by atoms with Gasteiger partial charge >= 0.3 is 0 Å². The lowest BCUT2D eigenvalue weighted by molar-refractivity contribution is -0.122. The van der Waals surface area contributed by atoms with Crippen molar-refractivity contribution in [3.63, 3.8) is 0 Å². The number of hydrogen-bond acceptors (Lipinski definition) is 6. The van der Waals surface area contributed by atoms with Crippen molar-refractivity contribution >= 4 is 56.1 Å². The van der Waals surface area contributed by atoms with Crippen molar-refractivity contribution in [3.05, 3.63) is 56.5 Å². The number of nitrogens with one attached hydrogen (secondary N) is 2. The summed E-state index contributed by atoms with van der Waals surface area (Å²) in [6.45, 7) is 0. The topological polar surface area (TPSA) is 123 Å². The molecule has 0 fully saturated rings. The van der Waals surface area contributed by atoms with E-state index in [1.807, 2.05) is 0 Å². The molecule has 2 rings (SSSR count). The number of nitrogens with zero attached hydrogens (tertiary/aromatic N) is 2. The molecule has 2 aromatic rings. The van der Waals surface area contributed by atoms with E-state index in [9.17, 15) is 19.8 Å². The largest absolute Gasteiger partial charge is 0.508 e. The van der Waals surface area contributed by atoms with E-state index >= 15 is 0 Å². The Morgan fingerprint density at radius 1 is 0.765 bits per heavy atom. The fourth-order valence-corrected chi connectivity index (χ4v) is 3.72. The number of halogens is 2. The Bertz CT molecular complexity index is 947. The number of unbranched alkanes of at least 4 members (excludes halogenated alkanes) is 5. The van der Waals surface area contributed by atoms with Crippen LogP contribution in [-0.2, 0) is 9.59 Å². The van der Waals surface area contributed by atoms with E-state index in [-0.39, 0.29) is 23.3 Å². The lowest BCUT2D eigenvalue weighted by atomic mass is 10.1. The molecule has 10 heteroatoms. The van der Waals surface area contributed by atoms with Crippen molar-refractivity contribution in [1.29, 1.82) is 0 Å². The molecular formula is C24H28Br2N4O4. The van der Waals surface area contributed by atoms with Gasteiger partial charge in [-0.3, -0.25) is 9.59 Å². The van der Waals surface area contributed by atoms with Crippen molar-refractivity contribution in [2.24, 2.45) is 10.2 Å². The van der Waals surface area contributed by atoms with Gasteiger partial charge in [0, 0.05) is 32.9 Å². The predicted molar refractivity (Wildman–Crippen MR) is 140 cm³/mol. The van der Waals surface area contributed by atoms with Crippen molar-refractivity contribution in [2.75, 3.05) is 0 Å². The highest BCUT2D eigenvalue weighted by atomic mass is 79.9. The smallest absolute Gasteiger partial charge is 0.240 e. The van der Waals surface area contributed by atoms with Crippen LogP contribution in [0.1, 0.15) is 62.5 Å². The molecule has 34 heavy (non-hydrogen) atoms. The number of carbonyl (C=O) groups excluding carboxylic acids is 2. The van der Waals surface area contributed by atoms with Gasteiger partial charge in [-0.15, -0.1) is 0 Å². The van der Waals surface area contributed by atoms with Gasteiger partial charge in [0.25, 0.3) is 0 Å². The van der Waals surface area contributed by atoms with Crippen LogP contribution in [0.25, 0.3) is 0 Å².